The Hall–Kier alpha value is -2.67. The van der Waals surface area contributed by atoms with Crippen molar-refractivity contribution < 1.29 is 13.2 Å². The van der Waals surface area contributed by atoms with Gasteiger partial charge in [0.05, 0.1) is 9.79 Å². The first-order valence-corrected chi connectivity index (χ1v) is 13.8. The van der Waals surface area contributed by atoms with Gasteiger partial charge >= 0.3 is 0 Å². The van der Waals surface area contributed by atoms with Crippen LogP contribution in [0.25, 0.3) is 0 Å². The average Bonchev–Trinajstić information content (AvgIpc) is 2.86. The van der Waals surface area contributed by atoms with Gasteiger partial charge in [-0.05, 0) is 85.9 Å². The fourth-order valence-corrected chi connectivity index (χ4v) is 6.26. The Morgan fingerprint density at radius 3 is 2.23 bits per heavy atom. The molecule has 7 heteroatoms. The summed E-state index contributed by atoms with van der Waals surface area (Å²) in [5.41, 5.74) is 2.58. The maximum absolute atomic E-state index is 13.0. The molecule has 3 aromatic carbocycles. The van der Waals surface area contributed by atoms with Gasteiger partial charge in [-0.3, -0.25) is 4.79 Å². The third-order valence-electron chi connectivity index (χ3n) is 6.72. The Bertz CT molecular complexity index is 1280. The van der Waals surface area contributed by atoms with Crippen LogP contribution in [0.4, 0.5) is 5.69 Å². The predicted octanol–water partition coefficient (Wildman–Crippen LogP) is 5.63. The number of hydrogen-bond acceptors (Lipinski definition) is 4. The number of amides is 1. The van der Waals surface area contributed by atoms with Gasteiger partial charge in [-0.25, -0.2) is 8.42 Å². The molecule has 0 unspecified atom stereocenters. The Morgan fingerprint density at radius 2 is 1.60 bits per heavy atom. The van der Waals surface area contributed by atoms with Crippen molar-refractivity contribution in [2.24, 2.45) is 5.92 Å². The van der Waals surface area contributed by atoms with Crippen molar-refractivity contribution in [2.75, 3.05) is 18.4 Å². The largest absolute Gasteiger partial charge is 0.326 e. The van der Waals surface area contributed by atoms with E-state index in [1.54, 1.807) is 42.5 Å². The van der Waals surface area contributed by atoms with Crippen molar-refractivity contribution in [3.63, 3.8) is 0 Å². The second kappa shape index (κ2) is 10.5. The second-order valence-corrected chi connectivity index (χ2v) is 11.9. The van der Waals surface area contributed by atoms with Gasteiger partial charge in [0.25, 0.3) is 0 Å². The quantitative estimate of drug-likeness (QED) is 0.432. The molecule has 0 bridgehead atoms. The van der Waals surface area contributed by atoms with Crippen molar-refractivity contribution in [3.05, 3.63) is 88.9 Å². The minimum Gasteiger partial charge on any atom is -0.326 e. The van der Waals surface area contributed by atoms with Crippen LogP contribution in [0.1, 0.15) is 37.8 Å². The number of rotatable bonds is 7. The molecule has 0 saturated carbocycles. The maximum Gasteiger partial charge on any atom is 0.226 e. The van der Waals surface area contributed by atoms with E-state index in [-0.39, 0.29) is 27.0 Å². The first kappa shape index (κ1) is 25.4. The minimum atomic E-state index is -3.56. The summed E-state index contributed by atoms with van der Waals surface area (Å²) in [6.07, 6.45) is 2.50. The lowest BCUT2D eigenvalue weighted by molar-refractivity contribution is -0.118. The highest BCUT2D eigenvalue weighted by molar-refractivity contribution is 7.91. The van der Waals surface area contributed by atoms with Crippen LogP contribution in [0.3, 0.4) is 0 Å². The summed E-state index contributed by atoms with van der Waals surface area (Å²) < 4.78 is 26.0. The summed E-state index contributed by atoms with van der Waals surface area (Å²) in [7, 11) is -3.56. The Balaban J connectivity index is 1.65. The van der Waals surface area contributed by atoms with Gasteiger partial charge in [0, 0.05) is 22.0 Å². The van der Waals surface area contributed by atoms with E-state index in [1.165, 1.54) is 0 Å². The molecule has 0 atom stereocenters. The molecule has 35 heavy (non-hydrogen) atoms. The van der Waals surface area contributed by atoms with Crippen LogP contribution < -0.4 is 10.6 Å². The van der Waals surface area contributed by atoms with Gasteiger partial charge < -0.3 is 10.6 Å². The summed E-state index contributed by atoms with van der Waals surface area (Å²) >= 11 is 6.72. The van der Waals surface area contributed by atoms with Crippen LogP contribution in [-0.2, 0) is 26.5 Å². The first-order valence-electron chi connectivity index (χ1n) is 11.9. The fourth-order valence-electron chi connectivity index (χ4n) is 4.66. The smallest absolute Gasteiger partial charge is 0.226 e. The number of nitrogens with one attached hydrogen (secondary N) is 2. The zero-order chi connectivity index (χ0) is 25.1. The number of anilines is 1. The SMILES string of the molecule is CC(C)C(=O)Nc1ccc(Cl)c(C2(Cc3ccc(S(=O)(=O)c4ccccc4)cc3)CCNCC2)c1. The van der Waals surface area contributed by atoms with Crippen LogP contribution in [0.15, 0.2) is 82.6 Å². The van der Waals surface area contributed by atoms with Crippen molar-refractivity contribution in [1.29, 1.82) is 0 Å². The molecule has 1 fully saturated rings. The number of sulfone groups is 1. The third kappa shape index (κ3) is 5.61. The van der Waals surface area contributed by atoms with Gasteiger partial charge in [0.2, 0.25) is 15.7 Å². The molecule has 184 valence electrons. The summed E-state index contributed by atoms with van der Waals surface area (Å²) in [6, 6.07) is 21.3. The second-order valence-electron chi connectivity index (χ2n) is 9.51. The van der Waals surface area contributed by atoms with Gasteiger partial charge in [0.1, 0.15) is 0 Å². The van der Waals surface area contributed by atoms with E-state index in [9.17, 15) is 13.2 Å². The van der Waals surface area contributed by atoms with E-state index >= 15 is 0 Å². The lowest BCUT2D eigenvalue weighted by atomic mass is 9.69. The van der Waals surface area contributed by atoms with Crippen molar-refractivity contribution >= 4 is 33.0 Å². The number of hydrogen-bond donors (Lipinski definition) is 2. The summed E-state index contributed by atoms with van der Waals surface area (Å²) in [4.78, 5) is 12.8. The molecule has 0 radical (unpaired) electrons. The molecule has 1 heterocycles. The molecule has 0 aliphatic carbocycles. The molecular formula is C28H31ClN2O3S. The van der Waals surface area contributed by atoms with E-state index < -0.39 is 9.84 Å². The van der Waals surface area contributed by atoms with Crippen LogP contribution in [0, 0.1) is 5.92 Å². The Kier molecular flexibility index (Phi) is 7.64. The predicted molar refractivity (Wildman–Crippen MR) is 141 cm³/mol. The Labute approximate surface area is 212 Å². The van der Waals surface area contributed by atoms with E-state index in [2.05, 4.69) is 10.6 Å². The van der Waals surface area contributed by atoms with E-state index in [1.807, 2.05) is 44.2 Å². The van der Waals surface area contributed by atoms with E-state index in [0.29, 0.717) is 5.02 Å². The summed E-state index contributed by atoms with van der Waals surface area (Å²) in [5, 5.41) is 7.10. The van der Waals surface area contributed by atoms with E-state index in [0.717, 1.165) is 49.2 Å². The monoisotopic (exact) mass is 510 g/mol. The Morgan fingerprint density at radius 1 is 0.971 bits per heavy atom. The van der Waals surface area contributed by atoms with Crippen molar-refractivity contribution in [1.82, 2.24) is 5.32 Å². The standard InChI is InChI=1S/C28H31ClN2O3S/c1-20(2)27(32)31-22-10-13-26(29)25(18-22)28(14-16-30-17-15-28)19-21-8-11-24(12-9-21)35(33,34)23-6-4-3-5-7-23/h3-13,18,20,30H,14-17,19H2,1-2H3,(H,31,32). The minimum absolute atomic E-state index is 0.0344. The molecule has 1 aliphatic heterocycles. The molecule has 4 rings (SSSR count). The van der Waals surface area contributed by atoms with Crippen LogP contribution in [0.2, 0.25) is 5.02 Å². The molecule has 5 nitrogen and oxygen atoms in total. The van der Waals surface area contributed by atoms with Gasteiger partial charge in [-0.2, -0.15) is 0 Å². The maximum atomic E-state index is 13.0. The lowest BCUT2D eigenvalue weighted by Gasteiger charge is -2.39. The van der Waals surface area contributed by atoms with Crippen LogP contribution in [-0.4, -0.2) is 27.4 Å². The van der Waals surface area contributed by atoms with Gasteiger partial charge in [-0.15, -0.1) is 0 Å². The number of benzene rings is 3. The molecule has 1 aliphatic rings. The lowest BCUT2D eigenvalue weighted by Crippen LogP contribution is -2.41. The first-order chi connectivity index (χ1) is 16.7. The van der Waals surface area contributed by atoms with Gasteiger partial charge in [0.15, 0.2) is 0 Å². The summed E-state index contributed by atoms with van der Waals surface area (Å²) in [6.45, 7) is 5.45. The molecule has 1 saturated heterocycles. The number of halogens is 1. The fraction of sp³-hybridized carbons (Fsp3) is 0.321. The molecule has 0 spiro atoms. The number of piperidine rings is 1. The van der Waals surface area contributed by atoms with E-state index in [4.69, 9.17) is 11.6 Å². The number of carbonyl (C=O) groups excluding carboxylic acids is 1. The molecule has 3 aromatic rings. The molecular weight excluding hydrogens is 480 g/mol. The zero-order valence-corrected chi connectivity index (χ0v) is 21.6. The number of carbonyl (C=O) groups is 1. The topological polar surface area (TPSA) is 75.3 Å². The molecule has 1 amide bonds. The van der Waals surface area contributed by atoms with Crippen LogP contribution >= 0.6 is 11.6 Å². The highest BCUT2D eigenvalue weighted by Crippen LogP contribution is 2.42. The highest BCUT2D eigenvalue weighted by atomic mass is 35.5. The average molecular weight is 511 g/mol. The molecule has 0 aromatic heterocycles. The van der Waals surface area contributed by atoms with Gasteiger partial charge in [-0.1, -0.05) is 55.8 Å². The normalized spacial score (nSPS) is 15.7. The zero-order valence-electron chi connectivity index (χ0n) is 20.1. The van der Waals surface area contributed by atoms with Crippen LogP contribution in [0.5, 0.6) is 0 Å². The summed E-state index contributed by atoms with van der Waals surface area (Å²) in [5.74, 6) is -0.152. The van der Waals surface area contributed by atoms with Crippen molar-refractivity contribution in [3.8, 4) is 0 Å². The van der Waals surface area contributed by atoms with Crippen molar-refractivity contribution in [2.45, 2.75) is 48.3 Å². The molecule has 2 N–H and O–H groups in total. The highest BCUT2D eigenvalue weighted by Gasteiger charge is 2.36. The third-order valence-corrected chi connectivity index (χ3v) is 8.84.